The molecule has 1 aromatic carbocycles. The fourth-order valence-electron chi connectivity index (χ4n) is 2.70. The second kappa shape index (κ2) is 6.79. The maximum absolute atomic E-state index is 12.5. The first-order chi connectivity index (χ1) is 9.56. The van der Waals surface area contributed by atoms with Crippen molar-refractivity contribution in [3.8, 4) is 0 Å². The lowest BCUT2D eigenvalue weighted by Crippen LogP contribution is -2.40. The van der Waals surface area contributed by atoms with Crippen molar-refractivity contribution in [3.05, 3.63) is 35.4 Å². The Balaban J connectivity index is 2.00. The second-order valence-corrected chi connectivity index (χ2v) is 5.26. The lowest BCUT2D eigenvalue weighted by molar-refractivity contribution is -0.138. The van der Waals surface area contributed by atoms with E-state index >= 15 is 0 Å². The Morgan fingerprint density at radius 3 is 2.60 bits per heavy atom. The van der Waals surface area contributed by atoms with Crippen LogP contribution in [0.2, 0.25) is 0 Å². The van der Waals surface area contributed by atoms with Crippen LogP contribution >= 0.6 is 0 Å². The quantitative estimate of drug-likeness (QED) is 0.899. The fraction of sp³-hybridized carbons (Fsp3) is 0.533. The average Bonchev–Trinajstić information content (AvgIpc) is 2.41. The third-order valence-electron chi connectivity index (χ3n) is 3.78. The Bertz CT molecular complexity index is 448. The summed E-state index contributed by atoms with van der Waals surface area (Å²) in [5.41, 5.74) is 0.973. The number of rotatable bonds is 5. The third-order valence-corrected chi connectivity index (χ3v) is 3.78. The maximum Gasteiger partial charge on any atom is 0.304 e. The van der Waals surface area contributed by atoms with Crippen molar-refractivity contribution < 1.29 is 18.7 Å². The zero-order valence-corrected chi connectivity index (χ0v) is 11.3. The zero-order chi connectivity index (χ0) is 14.5. The molecular formula is C15H19F2NO2. The molecule has 0 aliphatic carbocycles. The van der Waals surface area contributed by atoms with Gasteiger partial charge in [-0.05, 0) is 24.9 Å². The van der Waals surface area contributed by atoms with Crippen molar-refractivity contribution in [1.29, 1.82) is 0 Å². The van der Waals surface area contributed by atoms with Crippen molar-refractivity contribution in [2.45, 2.75) is 44.7 Å². The molecule has 1 aromatic rings. The molecule has 1 aliphatic rings. The molecule has 0 aromatic heterocycles. The van der Waals surface area contributed by atoms with Gasteiger partial charge in [0.25, 0.3) is 6.43 Å². The second-order valence-electron chi connectivity index (χ2n) is 5.26. The summed E-state index contributed by atoms with van der Waals surface area (Å²) in [5, 5.41) is 8.94. The minimum Gasteiger partial charge on any atom is -0.481 e. The number of likely N-dealkylation sites (tertiary alicyclic amines) is 1. The Kier molecular flexibility index (Phi) is 5.06. The zero-order valence-electron chi connectivity index (χ0n) is 11.3. The van der Waals surface area contributed by atoms with E-state index in [9.17, 15) is 13.6 Å². The minimum absolute atomic E-state index is 0.0227. The van der Waals surface area contributed by atoms with Gasteiger partial charge in [-0.2, -0.15) is 0 Å². The van der Waals surface area contributed by atoms with Gasteiger partial charge in [0, 0.05) is 18.2 Å². The van der Waals surface area contributed by atoms with Crippen molar-refractivity contribution in [1.82, 2.24) is 4.90 Å². The van der Waals surface area contributed by atoms with E-state index in [0.717, 1.165) is 31.4 Å². The molecule has 0 radical (unpaired) electrons. The Morgan fingerprint density at radius 2 is 2.00 bits per heavy atom. The van der Waals surface area contributed by atoms with Gasteiger partial charge in [-0.15, -0.1) is 0 Å². The number of nitrogens with zero attached hydrogens (tertiary/aromatic N) is 1. The summed E-state index contributed by atoms with van der Waals surface area (Å²) in [7, 11) is 0. The number of alkyl halides is 2. The number of halogens is 2. The average molecular weight is 283 g/mol. The van der Waals surface area contributed by atoms with Gasteiger partial charge in [-0.3, -0.25) is 9.69 Å². The standard InChI is InChI=1S/C15H19F2NO2/c16-15(17)12-6-4-11(5-7-12)10-18-8-2-1-3-13(18)9-14(19)20/h4-7,13,15H,1-3,8-10H2,(H,19,20). The fourth-order valence-corrected chi connectivity index (χ4v) is 2.70. The molecule has 1 atom stereocenters. The summed E-state index contributed by atoms with van der Waals surface area (Å²) in [6, 6.07) is 6.34. The van der Waals surface area contributed by atoms with Crippen LogP contribution < -0.4 is 0 Å². The third kappa shape index (κ3) is 4.00. The monoisotopic (exact) mass is 283 g/mol. The summed E-state index contributed by atoms with van der Waals surface area (Å²) in [4.78, 5) is 13.0. The highest BCUT2D eigenvalue weighted by Crippen LogP contribution is 2.23. The molecule has 3 nitrogen and oxygen atoms in total. The van der Waals surface area contributed by atoms with Crippen LogP contribution in [0.25, 0.3) is 0 Å². The molecule has 1 N–H and O–H groups in total. The van der Waals surface area contributed by atoms with E-state index in [4.69, 9.17) is 5.11 Å². The van der Waals surface area contributed by atoms with E-state index in [1.807, 2.05) is 0 Å². The minimum atomic E-state index is -2.45. The highest BCUT2D eigenvalue weighted by atomic mass is 19.3. The molecule has 0 amide bonds. The highest BCUT2D eigenvalue weighted by Gasteiger charge is 2.24. The number of piperidine rings is 1. The SMILES string of the molecule is O=C(O)CC1CCCCN1Cc1ccc(C(F)F)cc1. The number of benzene rings is 1. The lowest BCUT2D eigenvalue weighted by atomic mass is 9.98. The van der Waals surface area contributed by atoms with Crippen molar-refractivity contribution in [3.63, 3.8) is 0 Å². The number of hydrogen-bond donors (Lipinski definition) is 1. The summed E-state index contributed by atoms with van der Waals surface area (Å²) >= 11 is 0. The summed E-state index contributed by atoms with van der Waals surface area (Å²) in [6.45, 7) is 1.50. The molecule has 1 heterocycles. The van der Waals surface area contributed by atoms with Crippen LogP contribution in [0, 0.1) is 0 Å². The van der Waals surface area contributed by atoms with Crippen LogP contribution in [-0.4, -0.2) is 28.6 Å². The van der Waals surface area contributed by atoms with Crippen LogP contribution in [0.3, 0.4) is 0 Å². The topological polar surface area (TPSA) is 40.5 Å². The first kappa shape index (κ1) is 14.9. The predicted octanol–water partition coefficient (Wildman–Crippen LogP) is 3.45. The maximum atomic E-state index is 12.5. The molecular weight excluding hydrogens is 264 g/mol. The smallest absolute Gasteiger partial charge is 0.304 e. The number of carboxylic acid groups (broad SMARTS) is 1. The van der Waals surface area contributed by atoms with Gasteiger partial charge in [-0.25, -0.2) is 8.78 Å². The van der Waals surface area contributed by atoms with Crippen LogP contribution in [0.1, 0.15) is 43.2 Å². The molecule has 5 heteroatoms. The van der Waals surface area contributed by atoms with Crippen LogP contribution in [0.15, 0.2) is 24.3 Å². The van der Waals surface area contributed by atoms with Gasteiger partial charge in [-0.1, -0.05) is 30.7 Å². The van der Waals surface area contributed by atoms with Gasteiger partial charge in [0.15, 0.2) is 0 Å². The molecule has 1 saturated heterocycles. The molecule has 1 aliphatic heterocycles. The summed E-state index contributed by atoms with van der Waals surface area (Å²) < 4.78 is 25.0. The van der Waals surface area contributed by atoms with E-state index in [2.05, 4.69) is 4.90 Å². The molecule has 0 spiro atoms. The van der Waals surface area contributed by atoms with Crippen LogP contribution in [0.4, 0.5) is 8.78 Å². The molecule has 1 unspecified atom stereocenters. The van der Waals surface area contributed by atoms with Crippen LogP contribution in [-0.2, 0) is 11.3 Å². The molecule has 110 valence electrons. The van der Waals surface area contributed by atoms with Gasteiger partial charge in [0.1, 0.15) is 0 Å². The van der Waals surface area contributed by atoms with E-state index in [1.165, 1.54) is 12.1 Å². The van der Waals surface area contributed by atoms with Crippen molar-refractivity contribution in [2.75, 3.05) is 6.54 Å². The van der Waals surface area contributed by atoms with Crippen LogP contribution in [0.5, 0.6) is 0 Å². The van der Waals surface area contributed by atoms with E-state index in [-0.39, 0.29) is 18.0 Å². The van der Waals surface area contributed by atoms with Gasteiger partial charge < -0.3 is 5.11 Å². The van der Waals surface area contributed by atoms with E-state index in [1.54, 1.807) is 12.1 Å². The Morgan fingerprint density at radius 1 is 1.30 bits per heavy atom. The number of aliphatic carboxylic acids is 1. The van der Waals surface area contributed by atoms with Gasteiger partial charge in [0.2, 0.25) is 0 Å². The predicted molar refractivity (Wildman–Crippen MR) is 71.7 cm³/mol. The van der Waals surface area contributed by atoms with Gasteiger partial charge in [0.05, 0.1) is 6.42 Å². The molecule has 0 bridgehead atoms. The van der Waals surface area contributed by atoms with Crippen molar-refractivity contribution >= 4 is 5.97 Å². The molecule has 20 heavy (non-hydrogen) atoms. The molecule has 1 fully saturated rings. The molecule has 0 saturated carbocycles. The first-order valence-electron chi connectivity index (χ1n) is 6.89. The largest absolute Gasteiger partial charge is 0.481 e. The normalized spacial score (nSPS) is 20.2. The van der Waals surface area contributed by atoms with Gasteiger partial charge >= 0.3 is 5.97 Å². The first-order valence-corrected chi connectivity index (χ1v) is 6.89. The number of carbonyl (C=O) groups is 1. The van der Waals surface area contributed by atoms with Crippen molar-refractivity contribution in [2.24, 2.45) is 0 Å². The van der Waals surface area contributed by atoms with E-state index in [0.29, 0.717) is 6.54 Å². The molecule has 2 rings (SSSR count). The Hall–Kier alpha value is -1.49. The summed E-state index contributed by atoms with van der Waals surface area (Å²) in [6.07, 6.45) is 0.708. The number of carboxylic acids is 1. The highest BCUT2D eigenvalue weighted by molar-refractivity contribution is 5.67. The lowest BCUT2D eigenvalue weighted by Gasteiger charge is -2.35. The number of hydrogen-bond acceptors (Lipinski definition) is 2. The van der Waals surface area contributed by atoms with E-state index < -0.39 is 12.4 Å². The summed E-state index contributed by atoms with van der Waals surface area (Å²) in [5.74, 6) is -0.782. The Labute approximate surface area is 117 Å².